The minimum atomic E-state index is 0.244. The zero-order valence-electron chi connectivity index (χ0n) is 12.9. The fraction of sp³-hybridized carbons (Fsp3) is 0.667. The van der Waals surface area contributed by atoms with Crippen LogP contribution in [0.25, 0.3) is 0 Å². The summed E-state index contributed by atoms with van der Waals surface area (Å²) < 4.78 is 0. The van der Waals surface area contributed by atoms with E-state index in [1.807, 2.05) is 0 Å². The molecule has 1 aromatic rings. The Morgan fingerprint density at radius 3 is 2.71 bits per heavy atom. The van der Waals surface area contributed by atoms with Gasteiger partial charge in [-0.1, -0.05) is 36.8 Å². The van der Waals surface area contributed by atoms with Crippen LogP contribution < -0.4 is 5.32 Å². The van der Waals surface area contributed by atoms with Crippen LogP contribution >= 0.6 is 0 Å². The van der Waals surface area contributed by atoms with Crippen molar-refractivity contribution in [3.05, 3.63) is 35.9 Å². The summed E-state index contributed by atoms with van der Waals surface area (Å²) in [5.41, 5.74) is 1.31. The Kier molecular flexibility index (Phi) is 5.28. The van der Waals surface area contributed by atoms with Gasteiger partial charge in [-0.2, -0.15) is 0 Å². The summed E-state index contributed by atoms with van der Waals surface area (Å²) in [6, 6.07) is 12.2. The van der Waals surface area contributed by atoms with Gasteiger partial charge < -0.3 is 10.4 Å². The van der Waals surface area contributed by atoms with E-state index in [1.54, 1.807) is 0 Å². The molecule has 0 bridgehead atoms. The van der Waals surface area contributed by atoms with Gasteiger partial charge in [0.25, 0.3) is 0 Å². The lowest BCUT2D eigenvalue weighted by molar-refractivity contribution is 0.0707. The van der Waals surface area contributed by atoms with Crippen molar-refractivity contribution in [2.45, 2.75) is 56.7 Å². The van der Waals surface area contributed by atoms with Crippen molar-refractivity contribution in [1.29, 1.82) is 0 Å². The van der Waals surface area contributed by atoms with Crippen LogP contribution in [-0.4, -0.2) is 41.8 Å². The first-order valence-corrected chi connectivity index (χ1v) is 8.54. The molecule has 2 saturated heterocycles. The molecule has 0 saturated carbocycles. The molecule has 1 aromatic carbocycles. The van der Waals surface area contributed by atoms with Crippen LogP contribution in [0.15, 0.2) is 30.3 Å². The summed E-state index contributed by atoms with van der Waals surface area (Å²) in [7, 11) is 0. The van der Waals surface area contributed by atoms with E-state index in [9.17, 15) is 5.11 Å². The number of hydrogen-bond acceptors (Lipinski definition) is 3. The molecule has 3 nitrogen and oxygen atoms in total. The molecule has 0 spiro atoms. The highest BCUT2D eigenvalue weighted by Gasteiger charge is 2.33. The van der Waals surface area contributed by atoms with E-state index in [2.05, 4.69) is 40.5 Å². The summed E-state index contributed by atoms with van der Waals surface area (Å²) in [5, 5.41) is 13.3. The molecule has 3 rings (SSSR count). The Hall–Kier alpha value is -0.900. The van der Waals surface area contributed by atoms with Crippen molar-refractivity contribution in [1.82, 2.24) is 10.2 Å². The molecule has 21 heavy (non-hydrogen) atoms. The number of aliphatic hydroxyl groups excluding tert-OH is 1. The maximum absolute atomic E-state index is 9.41. The molecule has 2 aliphatic rings. The molecule has 0 radical (unpaired) electrons. The van der Waals surface area contributed by atoms with Crippen LogP contribution in [0.1, 0.15) is 50.1 Å². The topological polar surface area (TPSA) is 35.5 Å². The molecular weight excluding hydrogens is 260 g/mol. The van der Waals surface area contributed by atoms with Crippen LogP contribution in [0, 0.1) is 0 Å². The number of aliphatic hydroxyl groups is 1. The van der Waals surface area contributed by atoms with Gasteiger partial charge in [0.2, 0.25) is 0 Å². The van der Waals surface area contributed by atoms with E-state index in [0.29, 0.717) is 12.1 Å². The van der Waals surface area contributed by atoms with E-state index < -0.39 is 0 Å². The predicted octanol–water partition coefficient (Wildman–Crippen LogP) is 2.72. The molecule has 0 aromatic heterocycles. The second kappa shape index (κ2) is 7.39. The third-order valence-corrected chi connectivity index (χ3v) is 5.12. The average molecular weight is 288 g/mol. The first kappa shape index (κ1) is 15.0. The van der Waals surface area contributed by atoms with E-state index in [1.165, 1.54) is 50.8 Å². The van der Waals surface area contributed by atoms with Gasteiger partial charge in [-0.25, -0.2) is 0 Å². The first-order valence-electron chi connectivity index (χ1n) is 8.54. The van der Waals surface area contributed by atoms with Crippen molar-refractivity contribution >= 4 is 0 Å². The zero-order chi connectivity index (χ0) is 14.5. The fourth-order valence-electron chi connectivity index (χ4n) is 4.07. The summed E-state index contributed by atoms with van der Waals surface area (Å²) in [6.07, 6.45) is 7.44. The van der Waals surface area contributed by atoms with Gasteiger partial charge in [0.15, 0.2) is 0 Å². The molecule has 2 N–H and O–H groups in total. The van der Waals surface area contributed by atoms with Gasteiger partial charge in [0, 0.05) is 24.7 Å². The SMILES string of the molecule is OCC[C@@H](NC1CCCN2CCCCC12)c1ccccc1. The number of benzene rings is 1. The lowest BCUT2D eigenvalue weighted by Crippen LogP contribution is -2.56. The number of rotatable bonds is 5. The highest BCUT2D eigenvalue weighted by Crippen LogP contribution is 2.29. The van der Waals surface area contributed by atoms with E-state index in [-0.39, 0.29) is 12.6 Å². The van der Waals surface area contributed by atoms with Crippen molar-refractivity contribution in [3.8, 4) is 0 Å². The quantitative estimate of drug-likeness (QED) is 0.874. The molecule has 2 aliphatic heterocycles. The lowest BCUT2D eigenvalue weighted by atomic mass is 9.87. The Labute approximate surface area is 128 Å². The maximum Gasteiger partial charge on any atom is 0.0449 e. The third kappa shape index (κ3) is 3.65. The highest BCUT2D eigenvalue weighted by molar-refractivity contribution is 5.19. The Balaban J connectivity index is 1.69. The molecule has 2 heterocycles. The van der Waals surface area contributed by atoms with Gasteiger partial charge in [-0.15, -0.1) is 0 Å². The summed E-state index contributed by atoms with van der Waals surface area (Å²) >= 11 is 0. The Morgan fingerprint density at radius 1 is 1.10 bits per heavy atom. The molecule has 2 fully saturated rings. The summed E-state index contributed by atoms with van der Waals surface area (Å²) in [4.78, 5) is 2.69. The van der Waals surface area contributed by atoms with Crippen LogP contribution in [0.2, 0.25) is 0 Å². The van der Waals surface area contributed by atoms with E-state index in [4.69, 9.17) is 0 Å². The van der Waals surface area contributed by atoms with Crippen molar-refractivity contribution < 1.29 is 5.11 Å². The van der Waals surface area contributed by atoms with E-state index >= 15 is 0 Å². The van der Waals surface area contributed by atoms with Crippen molar-refractivity contribution in [2.75, 3.05) is 19.7 Å². The maximum atomic E-state index is 9.41. The van der Waals surface area contributed by atoms with Crippen LogP contribution in [0.4, 0.5) is 0 Å². The fourth-order valence-corrected chi connectivity index (χ4v) is 4.07. The monoisotopic (exact) mass is 288 g/mol. The number of piperidine rings is 2. The molecule has 2 unspecified atom stereocenters. The third-order valence-electron chi connectivity index (χ3n) is 5.12. The van der Waals surface area contributed by atoms with Gasteiger partial charge in [0.05, 0.1) is 0 Å². The lowest BCUT2D eigenvalue weighted by Gasteiger charge is -2.45. The second-order valence-electron chi connectivity index (χ2n) is 6.49. The summed E-state index contributed by atoms with van der Waals surface area (Å²) in [6.45, 7) is 2.80. The zero-order valence-corrected chi connectivity index (χ0v) is 12.9. The van der Waals surface area contributed by atoms with Crippen LogP contribution in [0.3, 0.4) is 0 Å². The van der Waals surface area contributed by atoms with Gasteiger partial charge in [-0.3, -0.25) is 4.90 Å². The highest BCUT2D eigenvalue weighted by atomic mass is 16.3. The van der Waals surface area contributed by atoms with Gasteiger partial charge >= 0.3 is 0 Å². The molecule has 0 aliphatic carbocycles. The van der Waals surface area contributed by atoms with Crippen molar-refractivity contribution in [2.24, 2.45) is 0 Å². The minimum Gasteiger partial charge on any atom is -0.396 e. The second-order valence-corrected chi connectivity index (χ2v) is 6.49. The predicted molar refractivity (Wildman–Crippen MR) is 86.3 cm³/mol. The smallest absolute Gasteiger partial charge is 0.0449 e. The van der Waals surface area contributed by atoms with Crippen LogP contribution in [-0.2, 0) is 0 Å². The number of fused-ring (bicyclic) bond motifs is 1. The number of nitrogens with one attached hydrogen (secondary N) is 1. The molecule has 3 heteroatoms. The van der Waals surface area contributed by atoms with Gasteiger partial charge in [-0.05, 0) is 50.8 Å². The Bertz CT molecular complexity index is 420. The largest absolute Gasteiger partial charge is 0.396 e. The number of nitrogens with zero attached hydrogens (tertiary/aromatic N) is 1. The molecule has 0 amide bonds. The molecule has 116 valence electrons. The van der Waals surface area contributed by atoms with E-state index in [0.717, 1.165) is 6.42 Å². The number of hydrogen-bond donors (Lipinski definition) is 2. The molecular formula is C18H28N2O. The molecule has 3 atom stereocenters. The first-order chi connectivity index (χ1) is 10.4. The normalized spacial score (nSPS) is 28.0. The van der Waals surface area contributed by atoms with Crippen LogP contribution in [0.5, 0.6) is 0 Å². The van der Waals surface area contributed by atoms with Crippen molar-refractivity contribution in [3.63, 3.8) is 0 Å². The van der Waals surface area contributed by atoms with Gasteiger partial charge in [0.1, 0.15) is 0 Å². The minimum absolute atomic E-state index is 0.244. The standard InChI is InChI=1S/C18H28N2O/c21-14-11-16(15-7-2-1-3-8-15)19-17-9-6-13-20-12-5-4-10-18(17)20/h1-3,7-8,16-19,21H,4-6,9-14H2/t16-,17?,18?/m1/s1. The average Bonchev–Trinajstić information content (AvgIpc) is 2.55. The Morgan fingerprint density at radius 2 is 1.90 bits per heavy atom. The summed E-state index contributed by atoms with van der Waals surface area (Å²) in [5.74, 6) is 0.